The van der Waals surface area contributed by atoms with Crippen LogP contribution in [0.1, 0.15) is 27.7 Å². The third-order valence-corrected chi connectivity index (χ3v) is 4.71. The van der Waals surface area contributed by atoms with Crippen molar-refractivity contribution in [1.82, 2.24) is 4.98 Å². The van der Waals surface area contributed by atoms with Crippen LogP contribution in [-0.2, 0) is 9.31 Å². The maximum Gasteiger partial charge on any atom is 0.500 e. The molecule has 22 heavy (non-hydrogen) atoms. The smallest absolute Gasteiger partial charge is 0.488 e. The summed E-state index contributed by atoms with van der Waals surface area (Å²) in [5.41, 5.74) is -0.0536. The summed E-state index contributed by atoms with van der Waals surface area (Å²) in [5.74, 6) is 2.03. The number of methoxy groups -OCH3 is 1. The van der Waals surface area contributed by atoms with Crippen molar-refractivity contribution >= 4 is 18.4 Å². The monoisotopic (exact) mass is 306 g/mol. The molecule has 1 aromatic heterocycles. The lowest BCUT2D eigenvalue weighted by molar-refractivity contribution is 0.00578. The fourth-order valence-electron chi connectivity index (χ4n) is 2.56. The molecule has 1 aromatic rings. The molecule has 0 radical (unpaired) electrons. The number of pyridine rings is 1. The Labute approximate surface area is 131 Å². The van der Waals surface area contributed by atoms with E-state index in [0.29, 0.717) is 12.5 Å². The van der Waals surface area contributed by atoms with Gasteiger partial charge in [0.15, 0.2) is 11.6 Å². The first-order valence-corrected chi connectivity index (χ1v) is 7.54. The highest BCUT2D eigenvalue weighted by molar-refractivity contribution is 6.63. The third-order valence-electron chi connectivity index (χ3n) is 4.71. The van der Waals surface area contributed by atoms with Gasteiger partial charge in [-0.3, -0.25) is 0 Å². The van der Waals surface area contributed by atoms with Crippen molar-refractivity contribution in [2.24, 2.45) is 0 Å². The molecule has 1 fully saturated rings. The van der Waals surface area contributed by atoms with Gasteiger partial charge in [0.2, 0.25) is 5.88 Å². The summed E-state index contributed by atoms with van der Waals surface area (Å²) in [7, 11) is 3.07. The molecule has 0 saturated carbocycles. The van der Waals surface area contributed by atoms with Crippen molar-refractivity contribution in [3.63, 3.8) is 0 Å². The summed E-state index contributed by atoms with van der Waals surface area (Å²) in [6, 6.07) is 1.92. The first-order valence-electron chi connectivity index (χ1n) is 7.54. The minimum Gasteiger partial charge on any atom is -0.488 e. The number of rotatable bonds is 2. The van der Waals surface area contributed by atoms with Crippen LogP contribution in [-0.4, -0.2) is 50.6 Å². The van der Waals surface area contributed by atoms with Crippen LogP contribution in [0.5, 0.6) is 11.6 Å². The SMILES string of the molecule is COc1nc2c(cc1B1OC(C)(C)C(C)(C)O1)OCCN2C. The van der Waals surface area contributed by atoms with Crippen molar-refractivity contribution in [1.29, 1.82) is 0 Å². The first kappa shape index (κ1) is 15.4. The second-order valence-corrected chi connectivity index (χ2v) is 6.77. The van der Waals surface area contributed by atoms with Gasteiger partial charge >= 0.3 is 7.12 Å². The van der Waals surface area contributed by atoms with Gasteiger partial charge in [-0.1, -0.05) is 0 Å². The Morgan fingerprint density at radius 1 is 1.23 bits per heavy atom. The molecule has 120 valence electrons. The average molecular weight is 306 g/mol. The van der Waals surface area contributed by atoms with E-state index >= 15 is 0 Å². The Balaban J connectivity index is 2.01. The molecule has 0 N–H and O–H groups in total. The Hall–Kier alpha value is -1.47. The third kappa shape index (κ3) is 2.32. The van der Waals surface area contributed by atoms with Crippen molar-refractivity contribution < 1.29 is 18.8 Å². The molecule has 7 heteroatoms. The standard InChI is InChI=1S/C15H23BN2O4/c1-14(2)15(3,4)22-16(21-14)10-9-11-12(17-13(10)19-6)18(5)7-8-20-11/h9H,7-8H2,1-6H3. The van der Waals surface area contributed by atoms with Crippen LogP contribution in [0.2, 0.25) is 0 Å². The van der Waals surface area contributed by atoms with E-state index in [1.54, 1.807) is 7.11 Å². The summed E-state index contributed by atoms with van der Waals surface area (Å²) in [4.78, 5) is 6.62. The van der Waals surface area contributed by atoms with E-state index in [0.717, 1.165) is 23.6 Å². The van der Waals surface area contributed by atoms with E-state index in [1.165, 1.54) is 0 Å². The molecule has 2 aliphatic heterocycles. The summed E-state index contributed by atoms with van der Waals surface area (Å²) in [5, 5.41) is 0. The van der Waals surface area contributed by atoms with Gasteiger partial charge < -0.3 is 23.7 Å². The lowest BCUT2D eigenvalue weighted by Crippen LogP contribution is -2.41. The minimum atomic E-state index is -0.520. The van der Waals surface area contributed by atoms with Gasteiger partial charge in [-0.2, -0.15) is 4.98 Å². The minimum absolute atomic E-state index is 0.407. The van der Waals surface area contributed by atoms with Gasteiger partial charge in [-0.05, 0) is 33.8 Å². The molecule has 0 bridgehead atoms. The summed E-state index contributed by atoms with van der Waals surface area (Å²) in [6.07, 6.45) is 0. The number of aromatic nitrogens is 1. The van der Waals surface area contributed by atoms with Gasteiger partial charge in [0.1, 0.15) is 6.61 Å². The molecule has 0 amide bonds. The second kappa shape index (κ2) is 5.03. The van der Waals surface area contributed by atoms with E-state index in [4.69, 9.17) is 18.8 Å². The number of nitrogens with zero attached hydrogens (tertiary/aromatic N) is 2. The van der Waals surface area contributed by atoms with Gasteiger partial charge in [-0.15, -0.1) is 0 Å². The quantitative estimate of drug-likeness (QED) is 0.766. The lowest BCUT2D eigenvalue weighted by atomic mass is 9.79. The summed E-state index contributed by atoms with van der Waals surface area (Å²) >= 11 is 0. The number of anilines is 1. The second-order valence-electron chi connectivity index (χ2n) is 6.77. The Kier molecular flexibility index (Phi) is 3.53. The van der Waals surface area contributed by atoms with Crippen LogP contribution in [0.4, 0.5) is 5.82 Å². The Morgan fingerprint density at radius 3 is 2.45 bits per heavy atom. The highest BCUT2D eigenvalue weighted by atomic mass is 16.7. The number of ether oxygens (including phenoxy) is 2. The zero-order valence-corrected chi connectivity index (χ0v) is 14.1. The molecule has 1 saturated heterocycles. The molecule has 6 nitrogen and oxygen atoms in total. The van der Waals surface area contributed by atoms with Crippen molar-refractivity contribution in [2.45, 2.75) is 38.9 Å². The summed E-state index contributed by atoms with van der Waals surface area (Å²) in [6.45, 7) is 9.54. The van der Waals surface area contributed by atoms with E-state index in [2.05, 4.69) is 9.88 Å². The molecular weight excluding hydrogens is 283 g/mol. The van der Waals surface area contributed by atoms with Crippen LogP contribution in [0.15, 0.2) is 6.07 Å². The molecule has 0 aromatic carbocycles. The predicted octanol–water partition coefficient (Wildman–Crippen LogP) is 1.22. The first-order chi connectivity index (χ1) is 10.2. The number of hydrogen-bond acceptors (Lipinski definition) is 6. The molecule has 0 unspecified atom stereocenters. The van der Waals surface area contributed by atoms with Gasteiger partial charge in [0.05, 0.1) is 24.9 Å². The van der Waals surface area contributed by atoms with Gasteiger partial charge in [0, 0.05) is 12.5 Å². The maximum atomic E-state index is 6.10. The van der Waals surface area contributed by atoms with Crippen LogP contribution < -0.4 is 19.8 Å². The molecule has 3 rings (SSSR count). The molecule has 2 aliphatic rings. The van der Waals surface area contributed by atoms with Crippen LogP contribution >= 0.6 is 0 Å². The molecular formula is C15H23BN2O4. The normalized spacial score (nSPS) is 22.3. The van der Waals surface area contributed by atoms with E-state index in [9.17, 15) is 0 Å². The van der Waals surface area contributed by atoms with Gasteiger partial charge in [0.25, 0.3) is 0 Å². The summed E-state index contributed by atoms with van der Waals surface area (Å²) < 4.78 is 23.4. The Morgan fingerprint density at radius 2 is 1.86 bits per heavy atom. The molecule has 0 spiro atoms. The fraction of sp³-hybridized carbons (Fsp3) is 0.667. The van der Waals surface area contributed by atoms with Gasteiger partial charge in [-0.25, -0.2) is 0 Å². The average Bonchev–Trinajstić information content (AvgIpc) is 2.66. The fourth-order valence-corrected chi connectivity index (χ4v) is 2.56. The molecule has 0 atom stereocenters. The van der Waals surface area contributed by atoms with Crippen LogP contribution in [0, 0.1) is 0 Å². The maximum absolute atomic E-state index is 6.10. The van der Waals surface area contributed by atoms with Crippen LogP contribution in [0.3, 0.4) is 0 Å². The zero-order chi connectivity index (χ0) is 16.1. The highest BCUT2D eigenvalue weighted by Crippen LogP contribution is 2.38. The van der Waals surface area contributed by atoms with Crippen molar-refractivity contribution in [3.8, 4) is 11.6 Å². The number of fused-ring (bicyclic) bond motifs is 1. The van der Waals surface area contributed by atoms with E-state index in [1.807, 2.05) is 40.8 Å². The van der Waals surface area contributed by atoms with E-state index < -0.39 is 18.3 Å². The molecule has 0 aliphatic carbocycles. The number of hydrogen-bond donors (Lipinski definition) is 0. The lowest BCUT2D eigenvalue weighted by Gasteiger charge is -2.32. The molecule has 3 heterocycles. The Bertz CT molecular complexity index is 575. The number of likely N-dealkylation sites (N-methyl/N-ethyl adjacent to an activating group) is 1. The van der Waals surface area contributed by atoms with E-state index in [-0.39, 0.29) is 0 Å². The zero-order valence-electron chi connectivity index (χ0n) is 14.1. The van der Waals surface area contributed by atoms with Crippen molar-refractivity contribution in [2.75, 3.05) is 32.2 Å². The largest absolute Gasteiger partial charge is 0.500 e. The topological polar surface area (TPSA) is 53.1 Å². The predicted molar refractivity (Wildman–Crippen MR) is 85.3 cm³/mol. The highest BCUT2D eigenvalue weighted by Gasteiger charge is 2.53. The van der Waals surface area contributed by atoms with Crippen molar-refractivity contribution in [3.05, 3.63) is 6.07 Å². The van der Waals surface area contributed by atoms with Crippen LogP contribution in [0.25, 0.3) is 0 Å².